The fourth-order valence-electron chi connectivity index (χ4n) is 2.53. The van der Waals surface area contributed by atoms with Crippen LogP contribution in [0.4, 0.5) is 17.6 Å². The van der Waals surface area contributed by atoms with Crippen LogP contribution in [0.2, 0.25) is 0 Å². The van der Waals surface area contributed by atoms with E-state index in [2.05, 4.69) is 10.2 Å². The standard InChI is InChI=1S/C19H17F4N3OS/c1-2-26-17(11-27-16-8-4-6-14(10-16)19(21,22)23)24-25-18(26)28-12-13-5-3-7-15(20)9-13/h3-10H,2,11-12H2,1H3. The predicted octanol–water partition coefficient (Wildman–Crippen LogP) is 5.33. The zero-order chi connectivity index (χ0) is 20.1. The maximum absolute atomic E-state index is 13.3. The molecule has 1 aromatic heterocycles. The first-order chi connectivity index (χ1) is 13.4. The van der Waals surface area contributed by atoms with Crippen LogP contribution in [0.5, 0.6) is 5.75 Å². The molecule has 0 unspecified atom stereocenters. The molecule has 4 nitrogen and oxygen atoms in total. The summed E-state index contributed by atoms with van der Waals surface area (Å²) in [6, 6.07) is 11.0. The van der Waals surface area contributed by atoms with E-state index in [9.17, 15) is 17.6 Å². The van der Waals surface area contributed by atoms with Crippen LogP contribution >= 0.6 is 11.8 Å². The van der Waals surface area contributed by atoms with Crippen molar-refractivity contribution in [2.24, 2.45) is 0 Å². The van der Waals surface area contributed by atoms with Crippen LogP contribution in [0.3, 0.4) is 0 Å². The topological polar surface area (TPSA) is 39.9 Å². The molecule has 0 bridgehead atoms. The van der Waals surface area contributed by atoms with E-state index in [1.165, 1.54) is 36.0 Å². The lowest BCUT2D eigenvalue weighted by Crippen LogP contribution is -2.08. The Labute approximate surface area is 163 Å². The molecule has 0 N–H and O–H groups in total. The third kappa shape index (κ3) is 5.03. The first kappa shape index (κ1) is 20.2. The fourth-order valence-corrected chi connectivity index (χ4v) is 3.50. The zero-order valence-corrected chi connectivity index (χ0v) is 15.7. The van der Waals surface area contributed by atoms with Crippen LogP contribution in [0.1, 0.15) is 23.9 Å². The molecule has 2 aromatic carbocycles. The summed E-state index contributed by atoms with van der Waals surface area (Å²) in [7, 11) is 0. The Hall–Kier alpha value is -2.55. The van der Waals surface area contributed by atoms with Gasteiger partial charge in [0.1, 0.15) is 18.2 Å². The molecule has 0 fully saturated rings. The van der Waals surface area contributed by atoms with Crippen LogP contribution in [0.15, 0.2) is 53.7 Å². The maximum atomic E-state index is 13.3. The molecule has 28 heavy (non-hydrogen) atoms. The number of alkyl halides is 3. The minimum atomic E-state index is -4.43. The molecule has 0 amide bonds. The second-order valence-corrected chi connectivity index (χ2v) is 6.82. The molecule has 0 aliphatic carbocycles. The highest BCUT2D eigenvalue weighted by Gasteiger charge is 2.30. The van der Waals surface area contributed by atoms with Crippen LogP contribution in [-0.4, -0.2) is 14.8 Å². The lowest BCUT2D eigenvalue weighted by Gasteiger charge is -2.11. The van der Waals surface area contributed by atoms with Gasteiger partial charge < -0.3 is 9.30 Å². The maximum Gasteiger partial charge on any atom is 0.416 e. The van der Waals surface area contributed by atoms with Gasteiger partial charge in [0, 0.05) is 12.3 Å². The average molecular weight is 411 g/mol. The largest absolute Gasteiger partial charge is 0.486 e. The second kappa shape index (κ2) is 8.64. The highest BCUT2D eigenvalue weighted by atomic mass is 32.2. The van der Waals surface area contributed by atoms with E-state index < -0.39 is 11.7 Å². The lowest BCUT2D eigenvalue weighted by atomic mass is 10.2. The van der Waals surface area contributed by atoms with Crippen molar-refractivity contribution in [3.8, 4) is 5.75 Å². The Bertz CT molecular complexity index is 943. The van der Waals surface area contributed by atoms with Gasteiger partial charge in [-0.1, -0.05) is 30.0 Å². The number of nitrogens with zero attached hydrogens (tertiary/aromatic N) is 3. The van der Waals surface area contributed by atoms with E-state index in [0.717, 1.165) is 17.7 Å². The van der Waals surface area contributed by atoms with Gasteiger partial charge in [-0.05, 0) is 42.8 Å². The van der Waals surface area contributed by atoms with E-state index >= 15 is 0 Å². The molecule has 3 aromatic rings. The lowest BCUT2D eigenvalue weighted by molar-refractivity contribution is -0.137. The molecular weight excluding hydrogens is 394 g/mol. The number of ether oxygens (including phenoxy) is 1. The van der Waals surface area contributed by atoms with Gasteiger partial charge in [-0.3, -0.25) is 0 Å². The van der Waals surface area contributed by atoms with Gasteiger partial charge >= 0.3 is 6.18 Å². The van der Waals surface area contributed by atoms with Gasteiger partial charge in [0.25, 0.3) is 0 Å². The predicted molar refractivity (Wildman–Crippen MR) is 97.4 cm³/mol. The Morgan fingerprint density at radius 3 is 2.57 bits per heavy atom. The number of thioether (sulfide) groups is 1. The molecule has 9 heteroatoms. The van der Waals surface area contributed by atoms with Crippen LogP contribution in [0, 0.1) is 5.82 Å². The summed E-state index contributed by atoms with van der Waals surface area (Å²) in [5, 5.41) is 8.82. The van der Waals surface area contributed by atoms with E-state index in [1.54, 1.807) is 6.07 Å². The molecule has 0 radical (unpaired) electrons. The zero-order valence-electron chi connectivity index (χ0n) is 14.9. The van der Waals surface area contributed by atoms with E-state index in [4.69, 9.17) is 4.74 Å². The highest BCUT2D eigenvalue weighted by molar-refractivity contribution is 7.98. The van der Waals surface area contributed by atoms with Crippen molar-refractivity contribution in [3.63, 3.8) is 0 Å². The monoisotopic (exact) mass is 411 g/mol. The first-order valence-electron chi connectivity index (χ1n) is 8.46. The Kier molecular flexibility index (Phi) is 6.23. The summed E-state index contributed by atoms with van der Waals surface area (Å²) in [5.74, 6) is 0.825. The molecule has 148 valence electrons. The first-order valence-corrected chi connectivity index (χ1v) is 9.44. The van der Waals surface area contributed by atoms with Crippen molar-refractivity contribution in [2.45, 2.75) is 37.2 Å². The molecule has 3 rings (SSSR count). The van der Waals surface area contributed by atoms with Crippen molar-refractivity contribution in [2.75, 3.05) is 0 Å². The van der Waals surface area contributed by atoms with Gasteiger partial charge in [-0.15, -0.1) is 10.2 Å². The van der Waals surface area contributed by atoms with Crippen molar-refractivity contribution in [1.29, 1.82) is 0 Å². The minimum absolute atomic E-state index is 0.0112. The normalized spacial score (nSPS) is 11.6. The summed E-state index contributed by atoms with van der Waals surface area (Å²) in [4.78, 5) is 0. The summed E-state index contributed by atoms with van der Waals surface area (Å²) in [6.45, 7) is 2.46. The van der Waals surface area contributed by atoms with Crippen LogP contribution in [0.25, 0.3) is 0 Å². The molecule has 0 saturated carbocycles. The summed E-state index contributed by atoms with van der Waals surface area (Å²) in [5.41, 5.74) is 0.0470. The van der Waals surface area contributed by atoms with Gasteiger partial charge in [-0.25, -0.2) is 4.39 Å². The molecule has 0 aliphatic heterocycles. The molecule has 1 heterocycles. The SMILES string of the molecule is CCn1c(COc2cccc(C(F)(F)F)c2)nnc1SCc1cccc(F)c1. The third-order valence-corrected chi connectivity index (χ3v) is 4.93. The Morgan fingerprint density at radius 1 is 1.07 bits per heavy atom. The van der Waals surface area contributed by atoms with Gasteiger partial charge in [0.15, 0.2) is 11.0 Å². The second-order valence-electron chi connectivity index (χ2n) is 5.88. The van der Waals surface area contributed by atoms with Crippen molar-refractivity contribution < 1.29 is 22.3 Å². The number of halogens is 4. The quantitative estimate of drug-likeness (QED) is 0.389. The molecule has 0 saturated heterocycles. The number of rotatable bonds is 7. The van der Waals surface area contributed by atoms with Crippen molar-refractivity contribution in [3.05, 3.63) is 71.3 Å². The van der Waals surface area contributed by atoms with Gasteiger partial charge in [0.05, 0.1) is 5.56 Å². The summed E-state index contributed by atoms with van der Waals surface area (Å²) < 4.78 is 59.0. The Morgan fingerprint density at radius 2 is 1.86 bits per heavy atom. The van der Waals surface area contributed by atoms with E-state index in [-0.39, 0.29) is 18.2 Å². The average Bonchev–Trinajstić information content (AvgIpc) is 3.06. The fraction of sp³-hybridized carbons (Fsp3) is 0.263. The highest BCUT2D eigenvalue weighted by Crippen LogP contribution is 2.31. The number of hydrogen-bond donors (Lipinski definition) is 0. The Balaban J connectivity index is 1.67. The minimum Gasteiger partial charge on any atom is -0.486 e. The smallest absolute Gasteiger partial charge is 0.416 e. The van der Waals surface area contributed by atoms with E-state index in [0.29, 0.717) is 23.3 Å². The molecule has 0 spiro atoms. The molecule has 0 atom stereocenters. The van der Waals surface area contributed by atoms with E-state index in [1.807, 2.05) is 17.6 Å². The third-order valence-electron chi connectivity index (χ3n) is 3.90. The summed E-state index contributed by atoms with van der Waals surface area (Å²) >= 11 is 1.40. The van der Waals surface area contributed by atoms with Gasteiger partial charge in [-0.2, -0.15) is 13.2 Å². The van der Waals surface area contributed by atoms with Crippen molar-refractivity contribution >= 4 is 11.8 Å². The van der Waals surface area contributed by atoms with Crippen molar-refractivity contribution in [1.82, 2.24) is 14.8 Å². The van der Waals surface area contributed by atoms with Gasteiger partial charge in [0.2, 0.25) is 0 Å². The van der Waals surface area contributed by atoms with Crippen LogP contribution in [-0.2, 0) is 25.1 Å². The van der Waals surface area contributed by atoms with Crippen LogP contribution < -0.4 is 4.74 Å². The number of aromatic nitrogens is 3. The number of hydrogen-bond acceptors (Lipinski definition) is 4. The molecular formula is C19H17F4N3OS. The summed E-state index contributed by atoms with van der Waals surface area (Å²) in [6.07, 6.45) is -4.43. The number of benzene rings is 2. The molecule has 0 aliphatic rings.